The monoisotopic (exact) mass is 1870 g/mol. The Morgan fingerprint density at radius 3 is 0.716 bits per heavy atom. The average molecular weight is 1870 g/mol. The van der Waals surface area contributed by atoms with E-state index in [0.717, 1.165) is 0 Å². The lowest BCUT2D eigenvalue weighted by Gasteiger charge is -2.43. The third-order valence-electron chi connectivity index (χ3n) is 31.8. The Morgan fingerprint density at radius 1 is 0.101 bits per heavy atom. The molecule has 4 nitrogen and oxygen atoms in total. The van der Waals surface area contributed by atoms with Gasteiger partial charge in [-0.25, -0.2) is 0 Å². The van der Waals surface area contributed by atoms with Gasteiger partial charge in [0.1, 0.15) is 0 Å². The largest absolute Gasteiger partial charge is 0.376 e. The SMILES string of the molecule is c1ccc(-c2cc(-c3ccccc3)cc(-c3ccc4c(c3)-c3ccccc3B3c5ccccc5-c5ccccc5N34)c2)cc1.c1ccc(-c2ccc3c(c2)B2c4ccccc4-c4ccccc4N2c2ccccc2-3)cc1.c1ccc2c(c1)B1c3cc(-c4ccc5ccccc5c4)ccc3-c3ccccc3N1c1ccccc1-2.c1ccc2c(c1)B1c3cc(-c4cccc5ccccc45)ccc3-c3ccccc3N1c1ccccc1-2. The highest BCUT2D eigenvalue weighted by molar-refractivity contribution is 6.95. The van der Waals surface area contributed by atoms with Gasteiger partial charge in [0, 0.05) is 90.0 Å². The minimum atomic E-state index is 0.121. The Kier molecular flexibility index (Phi) is 20.7. The molecule has 24 aromatic carbocycles. The van der Waals surface area contributed by atoms with E-state index < -0.39 is 0 Å². The van der Waals surface area contributed by atoms with Gasteiger partial charge in [0.15, 0.2) is 0 Å². The van der Waals surface area contributed by atoms with E-state index in [1.807, 2.05) is 0 Å². The Balaban J connectivity index is 0.0000000936. The second-order valence-electron chi connectivity index (χ2n) is 39.8. The molecule has 0 atom stereocenters. The van der Waals surface area contributed by atoms with Crippen molar-refractivity contribution in [2.45, 2.75) is 0 Å². The molecule has 0 aromatic heterocycles. The summed E-state index contributed by atoms with van der Waals surface area (Å²) in [4.78, 5) is 10.2. The third kappa shape index (κ3) is 14.2. The molecule has 0 amide bonds. The average Bonchev–Trinajstić information content (AvgIpc) is 0.718. The number of para-hydroxylation sites is 7. The van der Waals surface area contributed by atoms with Gasteiger partial charge in [-0.05, 0) is 255 Å². The molecule has 8 aliphatic rings. The number of nitrogens with zero attached hydrogens (tertiary/aromatic N) is 4. The minimum Gasteiger partial charge on any atom is -0.376 e. The van der Waals surface area contributed by atoms with Crippen molar-refractivity contribution in [3.05, 3.63) is 558 Å². The molecule has 24 aromatic rings. The number of benzene rings is 24. The van der Waals surface area contributed by atoms with Gasteiger partial charge in [-0.3, -0.25) is 0 Å². The first-order valence-corrected chi connectivity index (χ1v) is 51.6. The van der Waals surface area contributed by atoms with E-state index >= 15 is 0 Å². The summed E-state index contributed by atoms with van der Waals surface area (Å²) in [6, 6.07) is 205. The smallest absolute Gasteiger partial charge is 0.329 e. The summed E-state index contributed by atoms with van der Waals surface area (Å²) in [7, 11) is 0. The topological polar surface area (TPSA) is 13.0 Å². The molecule has 0 radical (unpaired) electrons. The normalized spacial score (nSPS) is 12.8. The Morgan fingerprint density at radius 2 is 0.331 bits per heavy atom. The van der Waals surface area contributed by atoms with Gasteiger partial charge in [-0.1, -0.05) is 479 Å². The lowest BCUT2D eigenvalue weighted by atomic mass is 9.43. The Hall–Kier alpha value is -18.7. The lowest BCUT2D eigenvalue weighted by molar-refractivity contribution is 1.35. The molecule has 8 heteroatoms. The first-order valence-electron chi connectivity index (χ1n) is 51.6. The van der Waals surface area contributed by atoms with E-state index in [2.05, 4.69) is 577 Å². The molecule has 148 heavy (non-hydrogen) atoms. The van der Waals surface area contributed by atoms with Crippen molar-refractivity contribution in [1.82, 2.24) is 0 Å². The first-order chi connectivity index (χ1) is 73.5. The molecule has 8 aliphatic heterocycles. The quantitative estimate of drug-likeness (QED) is 0.154. The molecule has 684 valence electrons. The summed E-state index contributed by atoms with van der Waals surface area (Å²) in [5.74, 6) is 0. The highest BCUT2D eigenvalue weighted by Crippen LogP contribution is 2.54. The van der Waals surface area contributed by atoms with Crippen LogP contribution in [0.5, 0.6) is 0 Å². The molecule has 0 spiro atoms. The van der Waals surface area contributed by atoms with Gasteiger partial charge >= 0.3 is 27.4 Å². The van der Waals surface area contributed by atoms with Crippen molar-refractivity contribution >= 4 is 138 Å². The molecule has 0 aliphatic carbocycles. The predicted molar refractivity (Wildman–Crippen MR) is 631 cm³/mol. The molecule has 0 saturated heterocycles. The van der Waals surface area contributed by atoms with Crippen LogP contribution in [0.2, 0.25) is 0 Å². The summed E-state index contributed by atoms with van der Waals surface area (Å²) in [5, 5.41) is 5.12. The summed E-state index contributed by atoms with van der Waals surface area (Å²) in [6.45, 7) is 0.522. The van der Waals surface area contributed by atoms with E-state index in [-0.39, 0.29) is 27.4 Å². The van der Waals surface area contributed by atoms with Crippen LogP contribution in [0.1, 0.15) is 0 Å². The number of hydrogen-bond acceptors (Lipinski definition) is 4. The highest BCUT2D eigenvalue weighted by atomic mass is 15.1. The van der Waals surface area contributed by atoms with Crippen molar-refractivity contribution in [2.24, 2.45) is 0 Å². The van der Waals surface area contributed by atoms with Crippen molar-refractivity contribution < 1.29 is 0 Å². The maximum absolute atomic E-state index is 2.56. The van der Waals surface area contributed by atoms with Gasteiger partial charge < -0.3 is 19.2 Å². The fraction of sp³-hybridized carbons (Fsp3) is 0. The van der Waals surface area contributed by atoms with Gasteiger partial charge in [-0.15, -0.1) is 0 Å². The molecule has 0 fully saturated rings. The summed E-state index contributed by atoms with van der Waals surface area (Å²) >= 11 is 0. The van der Waals surface area contributed by atoms with Crippen molar-refractivity contribution in [1.29, 1.82) is 0 Å². The lowest BCUT2D eigenvalue weighted by Crippen LogP contribution is -2.59. The van der Waals surface area contributed by atoms with Crippen LogP contribution in [0.15, 0.2) is 558 Å². The molecule has 0 unspecified atom stereocenters. The fourth-order valence-corrected chi connectivity index (χ4v) is 25.3. The second-order valence-corrected chi connectivity index (χ2v) is 39.8. The van der Waals surface area contributed by atoms with Crippen molar-refractivity contribution in [3.8, 4) is 156 Å². The van der Waals surface area contributed by atoms with Crippen LogP contribution >= 0.6 is 0 Å². The molecule has 0 N–H and O–H groups in total. The Labute approximate surface area is 864 Å². The number of anilines is 8. The molecular weight excluding hydrogens is 1780 g/mol. The van der Waals surface area contributed by atoms with Gasteiger partial charge in [0.2, 0.25) is 0 Å². The predicted octanol–water partition coefficient (Wildman–Crippen LogP) is 30.7. The molecule has 0 saturated carbocycles. The number of hydrogen-bond donors (Lipinski definition) is 0. The minimum absolute atomic E-state index is 0.121. The molecule has 32 rings (SSSR count). The van der Waals surface area contributed by atoms with Crippen LogP contribution < -0.4 is 62.9 Å². The van der Waals surface area contributed by atoms with Gasteiger partial charge in [-0.2, -0.15) is 0 Å². The zero-order chi connectivity index (χ0) is 97.4. The van der Waals surface area contributed by atoms with Crippen molar-refractivity contribution in [2.75, 3.05) is 19.2 Å². The zero-order valence-electron chi connectivity index (χ0n) is 81.2. The standard InChI is InChI=1S/C42H28BN.2C34H22BN.C30H20BN/c1-3-13-29(14-4-1)32-25-33(30-15-5-2-6-16-30)27-34(26-32)31-23-24-42-38(28-31)36-18-8-11-21-40(36)43-39-20-10-7-17-35(39)37-19-9-12-22-41(37)44(42)43;1-2-12-25-23(10-1)11-9-16-26(25)24-20-21-28-30-15-5-8-19-34(30)36-33-18-7-4-14-29(33)27-13-3-6-17-31(27)35(36)32(28)22-24;1-2-10-24-21-25(18-17-23(24)9-1)26-19-20-28-30-13-5-8-16-34(30)36-33-15-7-4-12-29(33)27-11-3-6-14-31(27)35(36)32(28)22-26;1-2-10-21(11-3-1)22-18-19-24-26-14-6-9-17-30(26)32-29-16-8-5-13-25(29)23-12-4-7-15-27(23)31(32)28(24)20-22/h1-28H;2*1-22H;1-20H. The van der Waals surface area contributed by atoms with Crippen LogP contribution in [0.4, 0.5) is 45.5 Å². The van der Waals surface area contributed by atoms with Crippen LogP contribution in [-0.2, 0) is 0 Å². The zero-order valence-corrected chi connectivity index (χ0v) is 81.2. The molecule has 0 bridgehead atoms. The Bertz CT molecular complexity index is 9400. The van der Waals surface area contributed by atoms with E-state index in [9.17, 15) is 0 Å². The summed E-state index contributed by atoms with van der Waals surface area (Å²) in [5.41, 5.74) is 56.9. The molecule has 8 heterocycles. The van der Waals surface area contributed by atoms with Crippen LogP contribution in [-0.4, -0.2) is 27.4 Å². The molecular formula is C140H92B4N4. The number of rotatable bonds is 6. The second kappa shape index (κ2) is 35.7. The first kappa shape index (κ1) is 86.0. The maximum Gasteiger partial charge on any atom is 0.329 e. The van der Waals surface area contributed by atoms with Crippen LogP contribution in [0.3, 0.4) is 0 Å². The van der Waals surface area contributed by atoms with Gasteiger partial charge in [0.25, 0.3) is 0 Å². The summed E-state index contributed by atoms with van der Waals surface area (Å²) < 4.78 is 0. The van der Waals surface area contributed by atoms with Gasteiger partial charge in [0.05, 0.1) is 0 Å². The van der Waals surface area contributed by atoms with E-state index in [1.54, 1.807) is 0 Å². The fourth-order valence-electron chi connectivity index (χ4n) is 25.3. The highest BCUT2D eigenvalue weighted by Gasteiger charge is 2.48. The van der Waals surface area contributed by atoms with Crippen LogP contribution in [0, 0.1) is 0 Å². The number of fused-ring (bicyclic) bond motifs is 46. The van der Waals surface area contributed by atoms with E-state index in [1.165, 1.54) is 267 Å². The maximum atomic E-state index is 2.56. The van der Waals surface area contributed by atoms with Crippen LogP contribution in [0.25, 0.3) is 177 Å². The summed E-state index contributed by atoms with van der Waals surface area (Å²) in [6.07, 6.45) is 0. The van der Waals surface area contributed by atoms with E-state index in [0.29, 0.717) is 0 Å². The van der Waals surface area contributed by atoms with Crippen molar-refractivity contribution in [3.63, 3.8) is 0 Å². The van der Waals surface area contributed by atoms with E-state index in [4.69, 9.17) is 0 Å². The third-order valence-corrected chi connectivity index (χ3v) is 31.8.